The second kappa shape index (κ2) is 4.42. The van der Waals surface area contributed by atoms with Gasteiger partial charge in [0.2, 0.25) is 0 Å². The smallest absolute Gasteiger partial charge is 0.0390 e. The van der Waals surface area contributed by atoms with Crippen LogP contribution in [0.4, 0.5) is 0 Å². The van der Waals surface area contributed by atoms with E-state index in [2.05, 4.69) is 49.1 Å². The first kappa shape index (κ1) is 8.62. The summed E-state index contributed by atoms with van der Waals surface area (Å²) >= 11 is 4.06. The molecule has 0 saturated heterocycles. The second-order valence-electron chi connectivity index (χ2n) is 2.57. The summed E-state index contributed by atoms with van der Waals surface area (Å²) < 4.78 is 0. The molecule has 0 heterocycles. The third-order valence-corrected chi connectivity index (χ3v) is 1.79. The first-order chi connectivity index (χ1) is 5.33. The van der Waals surface area contributed by atoms with Crippen LogP contribution >= 0.6 is 12.6 Å². The van der Waals surface area contributed by atoms with Gasteiger partial charge in [0.15, 0.2) is 0 Å². The number of benzene rings is 1. The maximum Gasteiger partial charge on any atom is 0.0390 e. The minimum atomic E-state index is 0.730. The molecule has 0 fully saturated rings. The van der Waals surface area contributed by atoms with Crippen molar-refractivity contribution < 1.29 is 0 Å². The number of aryl methyl sites for hydroxylation is 1. The van der Waals surface area contributed by atoms with Crippen molar-refractivity contribution in [2.45, 2.75) is 13.5 Å². The maximum atomic E-state index is 4.06. The fourth-order valence-electron chi connectivity index (χ4n) is 0.906. The minimum absolute atomic E-state index is 0.730. The van der Waals surface area contributed by atoms with Crippen LogP contribution in [0.5, 0.6) is 0 Å². The predicted octanol–water partition coefficient (Wildman–Crippen LogP) is 1.97. The van der Waals surface area contributed by atoms with Crippen LogP contribution < -0.4 is 5.32 Å². The van der Waals surface area contributed by atoms with Gasteiger partial charge in [0.25, 0.3) is 0 Å². The Bertz CT molecular complexity index is 205. The average Bonchev–Trinajstić information content (AvgIpc) is 2.04. The summed E-state index contributed by atoms with van der Waals surface area (Å²) in [6.45, 7) is 3.00. The molecule has 60 valence electrons. The summed E-state index contributed by atoms with van der Waals surface area (Å²) in [4.78, 5) is 0. The molecule has 1 nitrogen and oxygen atoms in total. The molecule has 0 amide bonds. The minimum Gasteiger partial charge on any atom is -0.304 e. The first-order valence-corrected chi connectivity index (χ1v) is 4.33. The lowest BCUT2D eigenvalue weighted by molar-refractivity contribution is 0.798. The van der Waals surface area contributed by atoms with E-state index in [1.165, 1.54) is 11.1 Å². The van der Waals surface area contributed by atoms with Crippen molar-refractivity contribution in [1.82, 2.24) is 5.32 Å². The molecule has 0 atom stereocenters. The number of rotatable bonds is 3. The Morgan fingerprint density at radius 2 is 1.91 bits per heavy atom. The van der Waals surface area contributed by atoms with Crippen LogP contribution in [-0.2, 0) is 6.54 Å². The highest BCUT2D eigenvalue weighted by molar-refractivity contribution is 7.80. The molecule has 2 heteroatoms. The lowest BCUT2D eigenvalue weighted by atomic mass is 10.1. The van der Waals surface area contributed by atoms with Gasteiger partial charge in [-0.3, -0.25) is 0 Å². The van der Waals surface area contributed by atoms with E-state index >= 15 is 0 Å². The maximum absolute atomic E-state index is 4.06. The molecule has 1 aromatic carbocycles. The summed E-state index contributed by atoms with van der Waals surface area (Å²) in [6.07, 6.45) is 0. The van der Waals surface area contributed by atoms with E-state index in [9.17, 15) is 0 Å². The van der Waals surface area contributed by atoms with Gasteiger partial charge < -0.3 is 5.32 Å². The molecule has 0 spiro atoms. The lowest BCUT2D eigenvalue weighted by Crippen LogP contribution is -2.09. The molecule has 11 heavy (non-hydrogen) atoms. The Morgan fingerprint density at radius 3 is 2.45 bits per heavy atom. The van der Waals surface area contributed by atoms with Crippen LogP contribution in [0.2, 0.25) is 0 Å². The zero-order valence-corrected chi connectivity index (χ0v) is 7.57. The Morgan fingerprint density at radius 1 is 1.27 bits per heavy atom. The number of nitrogens with one attached hydrogen (secondary N) is 1. The van der Waals surface area contributed by atoms with E-state index in [4.69, 9.17) is 0 Å². The molecule has 0 aliphatic carbocycles. The highest BCUT2D eigenvalue weighted by Gasteiger charge is 1.89. The second-order valence-corrected chi connectivity index (χ2v) is 2.89. The molecule has 0 unspecified atom stereocenters. The molecule has 1 aromatic rings. The van der Waals surface area contributed by atoms with Crippen LogP contribution in [0.1, 0.15) is 11.1 Å². The van der Waals surface area contributed by atoms with Gasteiger partial charge in [-0.1, -0.05) is 29.8 Å². The Hall–Kier alpha value is -0.470. The third-order valence-electron chi connectivity index (χ3n) is 1.56. The highest BCUT2D eigenvalue weighted by Crippen LogP contribution is 2.01. The van der Waals surface area contributed by atoms with Gasteiger partial charge in [-0.05, 0) is 12.5 Å². The zero-order chi connectivity index (χ0) is 8.10. The number of hydrogen-bond acceptors (Lipinski definition) is 2. The van der Waals surface area contributed by atoms with Crippen molar-refractivity contribution in [3.8, 4) is 0 Å². The molecule has 0 bridgehead atoms. The summed E-state index contributed by atoms with van der Waals surface area (Å²) in [6, 6.07) is 8.50. The van der Waals surface area contributed by atoms with Crippen molar-refractivity contribution in [2.75, 3.05) is 5.88 Å². The molecule has 0 aromatic heterocycles. The van der Waals surface area contributed by atoms with Crippen molar-refractivity contribution in [3.05, 3.63) is 35.4 Å². The normalized spacial score (nSPS) is 10.0. The molecular formula is C9H13NS. The van der Waals surface area contributed by atoms with Crippen LogP contribution in [0.15, 0.2) is 24.3 Å². The molecule has 0 aliphatic heterocycles. The van der Waals surface area contributed by atoms with Crippen LogP contribution in [-0.4, -0.2) is 5.88 Å². The van der Waals surface area contributed by atoms with Crippen LogP contribution in [0.25, 0.3) is 0 Å². The van der Waals surface area contributed by atoms with Gasteiger partial charge in [-0.25, -0.2) is 0 Å². The van der Waals surface area contributed by atoms with Gasteiger partial charge in [0.05, 0.1) is 0 Å². The van der Waals surface area contributed by atoms with Gasteiger partial charge in [0, 0.05) is 12.4 Å². The molecule has 1 N–H and O–H groups in total. The Balaban J connectivity index is 2.52. The lowest BCUT2D eigenvalue weighted by Gasteiger charge is -2.00. The van der Waals surface area contributed by atoms with E-state index in [1.807, 2.05) is 0 Å². The zero-order valence-electron chi connectivity index (χ0n) is 6.67. The van der Waals surface area contributed by atoms with Crippen molar-refractivity contribution in [3.63, 3.8) is 0 Å². The molecule has 0 saturated carbocycles. The highest BCUT2D eigenvalue weighted by atomic mass is 32.1. The topological polar surface area (TPSA) is 12.0 Å². The summed E-state index contributed by atoms with van der Waals surface area (Å²) in [5, 5.41) is 3.15. The summed E-state index contributed by atoms with van der Waals surface area (Å²) in [5.41, 5.74) is 2.62. The molecule has 0 radical (unpaired) electrons. The van der Waals surface area contributed by atoms with Gasteiger partial charge >= 0.3 is 0 Å². The largest absolute Gasteiger partial charge is 0.304 e. The van der Waals surface area contributed by atoms with Crippen molar-refractivity contribution >= 4 is 12.6 Å². The number of thiol groups is 1. The summed E-state index contributed by atoms with van der Waals surface area (Å²) in [5.74, 6) is 0.730. The Kier molecular flexibility index (Phi) is 3.46. The van der Waals surface area contributed by atoms with E-state index in [-0.39, 0.29) is 0 Å². The molecule has 1 rings (SSSR count). The van der Waals surface area contributed by atoms with E-state index in [1.54, 1.807) is 0 Å². The number of hydrogen-bond donors (Lipinski definition) is 2. The standard InChI is InChI=1S/C9H13NS/c1-8-2-4-9(5-3-8)6-10-7-11/h2-5,10-11H,6-7H2,1H3. The van der Waals surface area contributed by atoms with Crippen molar-refractivity contribution in [2.24, 2.45) is 0 Å². The Labute approximate surface area is 73.2 Å². The van der Waals surface area contributed by atoms with E-state index in [0.717, 1.165) is 12.4 Å². The van der Waals surface area contributed by atoms with Crippen molar-refractivity contribution in [1.29, 1.82) is 0 Å². The van der Waals surface area contributed by atoms with E-state index in [0.29, 0.717) is 0 Å². The van der Waals surface area contributed by atoms with Gasteiger partial charge in [-0.15, -0.1) is 0 Å². The third kappa shape index (κ3) is 2.95. The fourth-order valence-corrected chi connectivity index (χ4v) is 1.02. The summed E-state index contributed by atoms with van der Waals surface area (Å²) in [7, 11) is 0. The predicted molar refractivity (Wildman–Crippen MR) is 51.9 cm³/mol. The van der Waals surface area contributed by atoms with Gasteiger partial charge in [-0.2, -0.15) is 12.6 Å². The quantitative estimate of drug-likeness (QED) is 0.518. The SMILES string of the molecule is Cc1ccc(CNCS)cc1. The first-order valence-electron chi connectivity index (χ1n) is 3.70. The monoisotopic (exact) mass is 167 g/mol. The van der Waals surface area contributed by atoms with Crippen LogP contribution in [0.3, 0.4) is 0 Å². The van der Waals surface area contributed by atoms with Crippen LogP contribution in [0, 0.1) is 6.92 Å². The van der Waals surface area contributed by atoms with Gasteiger partial charge in [0.1, 0.15) is 0 Å². The molecular weight excluding hydrogens is 154 g/mol. The fraction of sp³-hybridized carbons (Fsp3) is 0.333. The average molecular weight is 167 g/mol. The molecule has 0 aliphatic rings. The van der Waals surface area contributed by atoms with E-state index < -0.39 is 0 Å².